The van der Waals surface area contributed by atoms with Crippen LogP contribution in [0.4, 0.5) is 0 Å². The van der Waals surface area contributed by atoms with E-state index in [2.05, 4.69) is 31.9 Å². The van der Waals surface area contributed by atoms with Gasteiger partial charge in [-0.3, -0.25) is 19.2 Å². The zero-order chi connectivity index (χ0) is 25.2. The minimum absolute atomic E-state index is 0.0174. The molecule has 2 aromatic rings. The molecule has 3 fully saturated rings. The Morgan fingerprint density at radius 3 is 2.06 bits per heavy atom. The molecule has 0 radical (unpaired) electrons. The Bertz CT molecular complexity index is 1200. The second-order valence-electron chi connectivity index (χ2n) is 9.53. The minimum atomic E-state index is -1.11. The van der Waals surface area contributed by atoms with Crippen LogP contribution in [-0.4, -0.2) is 49.2 Å². The number of hydrazine groups is 1. The molecule has 182 valence electrons. The van der Waals surface area contributed by atoms with Gasteiger partial charge in [0.25, 0.3) is 17.7 Å². The average Bonchev–Trinajstić information content (AvgIpc) is 3.45. The van der Waals surface area contributed by atoms with Crippen molar-refractivity contribution in [2.75, 3.05) is 0 Å². The summed E-state index contributed by atoms with van der Waals surface area (Å²) in [4.78, 5) is 54.9. The molecule has 0 aromatic heterocycles. The molecule has 7 atom stereocenters. The van der Waals surface area contributed by atoms with Gasteiger partial charge in [0, 0.05) is 15.2 Å². The molecule has 0 N–H and O–H groups in total. The number of carbonyl (C=O) groups excluding carboxylic acids is 4. The third-order valence-electron chi connectivity index (χ3n) is 7.57. The Hall–Kier alpha value is -2.03. The van der Waals surface area contributed by atoms with Gasteiger partial charge < -0.3 is 0 Å². The topological polar surface area (TPSA) is 74.8 Å². The number of hydrogen-bond donors (Lipinski definition) is 0. The van der Waals surface area contributed by atoms with Crippen molar-refractivity contribution in [2.24, 2.45) is 23.7 Å². The predicted molar refractivity (Wildman–Crippen MR) is 138 cm³/mol. The first-order chi connectivity index (χ1) is 16.6. The number of rotatable bonds is 5. The number of aryl methyl sites for hydroxylation is 1. The van der Waals surface area contributed by atoms with Crippen LogP contribution < -0.4 is 0 Å². The van der Waals surface area contributed by atoms with Gasteiger partial charge in [-0.1, -0.05) is 85.4 Å². The number of nitrogens with zero attached hydrogens (tertiary/aromatic N) is 2. The molecule has 1 aliphatic heterocycles. The molecule has 2 aliphatic carbocycles. The van der Waals surface area contributed by atoms with Crippen LogP contribution in [0.3, 0.4) is 0 Å². The van der Waals surface area contributed by atoms with Crippen molar-refractivity contribution in [3.05, 3.63) is 70.2 Å². The number of amides is 3. The number of imide groups is 1. The molecule has 9 heteroatoms. The number of hydrogen-bond acceptors (Lipinski definition) is 4. The predicted octanol–water partition coefficient (Wildman–Crippen LogP) is 5.05. The number of benzene rings is 2. The summed E-state index contributed by atoms with van der Waals surface area (Å²) in [6.07, 6.45) is 0.767. The van der Waals surface area contributed by atoms with Crippen molar-refractivity contribution in [2.45, 2.75) is 36.0 Å². The molecule has 2 saturated carbocycles. The Morgan fingerprint density at radius 1 is 0.971 bits per heavy atom. The highest BCUT2D eigenvalue weighted by atomic mass is 79.9. The third-order valence-corrected chi connectivity index (χ3v) is 11.1. The van der Waals surface area contributed by atoms with E-state index in [0.717, 1.165) is 22.0 Å². The van der Waals surface area contributed by atoms with Gasteiger partial charge in [-0.25, -0.2) is 5.01 Å². The average molecular weight is 623 g/mol. The summed E-state index contributed by atoms with van der Waals surface area (Å²) in [5.41, 5.74) is 1.50. The van der Waals surface area contributed by atoms with Crippen molar-refractivity contribution in [3.63, 3.8) is 0 Å². The van der Waals surface area contributed by atoms with Crippen LogP contribution in [0.15, 0.2) is 48.5 Å². The highest BCUT2D eigenvalue weighted by Crippen LogP contribution is 2.60. The molecule has 0 unspecified atom stereocenters. The lowest BCUT2D eigenvalue weighted by atomic mass is 9.81. The maximum Gasteiger partial charge on any atom is 0.275 e. The van der Waals surface area contributed by atoms with Crippen molar-refractivity contribution < 1.29 is 19.2 Å². The fraction of sp³-hybridized carbons (Fsp3) is 0.385. The number of halogens is 3. The van der Waals surface area contributed by atoms with Crippen LogP contribution in [0, 0.1) is 30.6 Å². The zero-order valence-electron chi connectivity index (χ0n) is 19.0. The first-order valence-electron chi connectivity index (χ1n) is 11.5. The second kappa shape index (κ2) is 9.12. The fourth-order valence-corrected chi connectivity index (χ4v) is 7.90. The first-order valence-corrected chi connectivity index (χ1v) is 13.7. The van der Waals surface area contributed by atoms with Crippen LogP contribution in [0.1, 0.15) is 39.6 Å². The summed E-state index contributed by atoms with van der Waals surface area (Å²) in [6.45, 7) is 3.45. The van der Waals surface area contributed by atoms with E-state index in [0.29, 0.717) is 5.56 Å². The van der Waals surface area contributed by atoms with Crippen LogP contribution in [0.25, 0.3) is 0 Å². The maximum atomic E-state index is 13.8. The van der Waals surface area contributed by atoms with Gasteiger partial charge in [0.05, 0.1) is 22.4 Å². The summed E-state index contributed by atoms with van der Waals surface area (Å²) in [6, 6.07) is 12.3. The molecular weight excluding hydrogens is 600 g/mol. The monoisotopic (exact) mass is 620 g/mol. The van der Waals surface area contributed by atoms with E-state index in [4.69, 9.17) is 11.6 Å². The molecule has 3 amide bonds. The third kappa shape index (κ3) is 3.80. The Kier molecular flexibility index (Phi) is 6.43. The van der Waals surface area contributed by atoms with E-state index in [1.54, 1.807) is 49.4 Å². The minimum Gasteiger partial charge on any atom is -0.292 e. The molecule has 2 bridgehead atoms. The van der Waals surface area contributed by atoms with E-state index in [-0.39, 0.29) is 37.9 Å². The van der Waals surface area contributed by atoms with Crippen LogP contribution in [0.5, 0.6) is 0 Å². The maximum absolute atomic E-state index is 13.8. The quantitative estimate of drug-likeness (QED) is 0.266. The number of ketones is 1. The number of alkyl halides is 2. The zero-order valence-corrected chi connectivity index (χ0v) is 23.0. The molecule has 5 rings (SSSR count). The fourth-order valence-electron chi connectivity index (χ4n) is 5.81. The summed E-state index contributed by atoms with van der Waals surface area (Å²) in [7, 11) is 0. The summed E-state index contributed by atoms with van der Waals surface area (Å²) < 4.78 is 0. The molecule has 3 aliphatic rings. The van der Waals surface area contributed by atoms with Gasteiger partial charge in [-0.05, 0) is 44.2 Å². The smallest absolute Gasteiger partial charge is 0.275 e. The van der Waals surface area contributed by atoms with E-state index in [1.807, 2.05) is 6.92 Å². The SMILES string of the molecule is Cc1ccc(C(=O)[C@H](C)N(C(=O)c2ccccc2Cl)N2C(=O)[C@@H]3[C@H]4C[C@@H]([C@H](Br)[C@H]4Br)[C@@H]3C2=O)cc1. The van der Waals surface area contributed by atoms with E-state index < -0.39 is 35.6 Å². The van der Waals surface area contributed by atoms with E-state index >= 15 is 0 Å². The molecule has 1 saturated heterocycles. The first kappa shape index (κ1) is 24.7. The highest BCUT2D eigenvalue weighted by Gasteiger charge is 2.68. The van der Waals surface area contributed by atoms with Gasteiger partial charge in [0.15, 0.2) is 5.78 Å². The van der Waals surface area contributed by atoms with Crippen molar-refractivity contribution in [1.82, 2.24) is 10.0 Å². The summed E-state index contributed by atoms with van der Waals surface area (Å²) in [5.74, 6) is -2.97. The number of Topliss-reactive ketones (excluding diaryl/α,β-unsaturated/α-hetero) is 1. The van der Waals surface area contributed by atoms with Crippen molar-refractivity contribution in [1.29, 1.82) is 0 Å². The van der Waals surface area contributed by atoms with Gasteiger partial charge in [-0.2, -0.15) is 5.01 Å². The Labute approximate surface area is 225 Å². The van der Waals surface area contributed by atoms with E-state index in [1.165, 1.54) is 6.07 Å². The molecule has 0 spiro atoms. The lowest BCUT2D eigenvalue weighted by Gasteiger charge is -2.35. The molecule has 1 heterocycles. The van der Waals surface area contributed by atoms with E-state index in [9.17, 15) is 19.2 Å². The summed E-state index contributed by atoms with van der Waals surface area (Å²) in [5, 5.41) is 2.14. The number of fused-ring (bicyclic) bond motifs is 5. The highest BCUT2D eigenvalue weighted by molar-refractivity contribution is 9.12. The standard InChI is InChI=1S/C26H23Br2ClN2O4/c1-12-7-9-14(10-8-12)23(32)13(2)30(24(33)15-5-3-4-6-18(15)29)31-25(34)19-16-11-17(20(19)26(31)35)22(28)21(16)27/h3-10,13,16-17,19-22H,11H2,1-2H3/t13-,16+,17+,19-,20+,21-,22-/m0/s1. The molecule has 6 nitrogen and oxygen atoms in total. The van der Waals surface area contributed by atoms with Gasteiger partial charge in [-0.15, -0.1) is 0 Å². The summed E-state index contributed by atoms with van der Waals surface area (Å²) >= 11 is 13.7. The lowest BCUT2D eigenvalue weighted by Crippen LogP contribution is -2.57. The van der Waals surface area contributed by atoms with Crippen molar-refractivity contribution >= 4 is 67.0 Å². The Balaban J connectivity index is 1.56. The van der Waals surface area contributed by atoms with Crippen molar-refractivity contribution in [3.8, 4) is 0 Å². The van der Waals surface area contributed by atoms with Crippen LogP contribution in [0.2, 0.25) is 5.02 Å². The molecular formula is C26H23Br2ClN2O4. The Morgan fingerprint density at radius 2 is 1.51 bits per heavy atom. The second-order valence-corrected chi connectivity index (χ2v) is 12.0. The largest absolute Gasteiger partial charge is 0.292 e. The van der Waals surface area contributed by atoms with Gasteiger partial charge in [0.2, 0.25) is 0 Å². The number of carbonyl (C=O) groups is 4. The molecule has 2 aromatic carbocycles. The van der Waals surface area contributed by atoms with Gasteiger partial charge in [0.1, 0.15) is 6.04 Å². The van der Waals surface area contributed by atoms with Crippen LogP contribution in [-0.2, 0) is 9.59 Å². The lowest BCUT2D eigenvalue weighted by molar-refractivity contribution is -0.157. The normalized spacial score (nSPS) is 29.9. The van der Waals surface area contributed by atoms with Gasteiger partial charge >= 0.3 is 0 Å². The molecule has 35 heavy (non-hydrogen) atoms. The van der Waals surface area contributed by atoms with Crippen LogP contribution >= 0.6 is 43.5 Å².